The zero-order valence-corrected chi connectivity index (χ0v) is 14.4. The van der Waals surface area contributed by atoms with E-state index in [1.54, 1.807) is 0 Å². The number of nitrogens with zero attached hydrogens (tertiary/aromatic N) is 3. The fourth-order valence-electron chi connectivity index (χ4n) is 2.95. The SMILES string of the molecule is COC1CCN(c2c(CNC(C)(C)C)c(C)nn2C)CC1. The van der Waals surface area contributed by atoms with Gasteiger partial charge in [0, 0.05) is 44.9 Å². The Balaban J connectivity index is 2.15. The van der Waals surface area contributed by atoms with Gasteiger partial charge in [-0.25, -0.2) is 0 Å². The Morgan fingerprint density at radius 3 is 2.43 bits per heavy atom. The zero-order chi connectivity index (χ0) is 15.6. The number of hydrogen-bond acceptors (Lipinski definition) is 4. The van der Waals surface area contributed by atoms with Crippen LogP contribution < -0.4 is 10.2 Å². The van der Waals surface area contributed by atoms with Crippen LogP contribution in [0.3, 0.4) is 0 Å². The molecule has 0 aromatic carbocycles. The lowest BCUT2D eigenvalue weighted by molar-refractivity contribution is 0.0816. The molecule has 120 valence electrons. The molecule has 1 aromatic heterocycles. The Morgan fingerprint density at radius 1 is 1.29 bits per heavy atom. The highest BCUT2D eigenvalue weighted by atomic mass is 16.5. The first-order valence-electron chi connectivity index (χ1n) is 7.87. The molecule has 0 spiro atoms. The average molecular weight is 294 g/mol. The maximum absolute atomic E-state index is 5.47. The molecule has 2 rings (SSSR count). The Bertz CT molecular complexity index is 467. The number of nitrogens with one attached hydrogen (secondary N) is 1. The Labute approximate surface area is 128 Å². The molecule has 5 heteroatoms. The van der Waals surface area contributed by atoms with Gasteiger partial charge in [-0.05, 0) is 40.5 Å². The van der Waals surface area contributed by atoms with Gasteiger partial charge in [0.1, 0.15) is 5.82 Å². The summed E-state index contributed by atoms with van der Waals surface area (Å²) in [5.41, 5.74) is 2.56. The third-order valence-corrected chi connectivity index (χ3v) is 4.18. The first-order chi connectivity index (χ1) is 9.81. The smallest absolute Gasteiger partial charge is 0.131 e. The maximum Gasteiger partial charge on any atom is 0.131 e. The molecule has 0 atom stereocenters. The summed E-state index contributed by atoms with van der Waals surface area (Å²) in [6.45, 7) is 11.6. The van der Waals surface area contributed by atoms with Crippen LogP contribution in [0.4, 0.5) is 5.82 Å². The van der Waals surface area contributed by atoms with Crippen LogP contribution in [0.5, 0.6) is 0 Å². The predicted octanol–water partition coefficient (Wildman–Crippen LogP) is 2.23. The largest absolute Gasteiger partial charge is 0.381 e. The van der Waals surface area contributed by atoms with Crippen LogP contribution in [-0.2, 0) is 18.3 Å². The number of aryl methyl sites for hydroxylation is 2. The van der Waals surface area contributed by atoms with E-state index < -0.39 is 0 Å². The van der Waals surface area contributed by atoms with E-state index in [0.717, 1.165) is 38.2 Å². The van der Waals surface area contributed by atoms with Gasteiger partial charge in [0.2, 0.25) is 0 Å². The van der Waals surface area contributed by atoms with Gasteiger partial charge in [-0.1, -0.05) is 0 Å². The van der Waals surface area contributed by atoms with Crippen LogP contribution in [0, 0.1) is 6.92 Å². The van der Waals surface area contributed by atoms with E-state index in [2.05, 4.69) is 43.0 Å². The fourth-order valence-corrected chi connectivity index (χ4v) is 2.95. The molecule has 21 heavy (non-hydrogen) atoms. The van der Waals surface area contributed by atoms with Gasteiger partial charge in [0.15, 0.2) is 0 Å². The Hall–Kier alpha value is -1.07. The summed E-state index contributed by atoms with van der Waals surface area (Å²) in [7, 11) is 3.86. The summed E-state index contributed by atoms with van der Waals surface area (Å²) in [6, 6.07) is 0. The lowest BCUT2D eigenvalue weighted by Gasteiger charge is -2.33. The third-order valence-electron chi connectivity index (χ3n) is 4.18. The van der Waals surface area contributed by atoms with Crippen molar-refractivity contribution in [2.75, 3.05) is 25.1 Å². The summed E-state index contributed by atoms with van der Waals surface area (Å²) in [6.07, 6.45) is 2.59. The van der Waals surface area contributed by atoms with Gasteiger partial charge < -0.3 is 15.0 Å². The number of piperidine rings is 1. The normalized spacial score (nSPS) is 17.5. The van der Waals surface area contributed by atoms with Gasteiger partial charge in [-0.3, -0.25) is 4.68 Å². The maximum atomic E-state index is 5.47. The van der Waals surface area contributed by atoms with Crippen molar-refractivity contribution >= 4 is 5.82 Å². The molecule has 1 aliphatic rings. The molecule has 0 amide bonds. The number of methoxy groups -OCH3 is 1. The molecule has 5 nitrogen and oxygen atoms in total. The summed E-state index contributed by atoms with van der Waals surface area (Å²) in [5, 5.41) is 8.22. The van der Waals surface area contributed by atoms with Gasteiger partial charge in [0.25, 0.3) is 0 Å². The number of anilines is 1. The predicted molar refractivity (Wildman–Crippen MR) is 86.8 cm³/mol. The van der Waals surface area contributed by atoms with Crippen LogP contribution in [0.1, 0.15) is 44.9 Å². The molecule has 0 unspecified atom stereocenters. The minimum absolute atomic E-state index is 0.114. The van der Waals surface area contributed by atoms with Crippen molar-refractivity contribution < 1.29 is 4.74 Å². The molecule has 2 heterocycles. The molecule has 0 saturated carbocycles. The van der Waals surface area contributed by atoms with Crippen LogP contribution in [-0.4, -0.2) is 41.6 Å². The van der Waals surface area contributed by atoms with E-state index in [-0.39, 0.29) is 5.54 Å². The van der Waals surface area contributed by atoms with Crippen molar-refractivity contribution in [1.29, 1.82) is 0 Å². The van der Waals surface area contributed by atoms with Gasteiger partial charge in [0.05, 0.1) is 11.8 Å². The van der Waals surface area contributed by atoms with Crippen molar-refractivity contribution in [3.8, 4) is 0 Å². The van der Waals surface area contributed by atoms with Crippen LogP contribution >= 0.6 is 0 Å². The second kappa shape index (κ2) is 6.36. The molecule has 1 aromatic rings. The lowest BCUT2D eigenvalue weighted by Crippen LogP contribution is -2.39. The topological polar surface area (TPSA) is 42.3 Å². The van der Waals surface area contributed by atoms with E-state index >= 15 is 0 Å². The van der Waals surface area contributed by atoms with Crippen molar-refractivity contribution in [3.63, 3.8) is 0 Å². The van der Waals surface area contributed by atoms with E-state index in [4.69, 9.17) is 4.74 Å². The van der Waals surface area contributed by atoms with Gasteiger partial charge in [-0.2, -0.15) is 5.10 Å². The quantitative estimate of drug-likeness (QED) is 0.925. The first kappa shape index (κ1) is 16.3. The van der Waals surface area contributed by atoms with E-state index in [1.165, 1.54) is 11.4 Å². The highest BCUT2D eigenvalue weighted by Crippen LogP contribution is 2.27. The fraction of sp³-hybridized carbons (Fsp3) is 0.812. The molecule has 0 aliphatic carbocycles. The molecule has 0 radical (unpaired) electrons. The molecule has 1 aliphatic heterocycles. The van der Waals surface area contributed by atoms with Crippen LogP contribution in [0.2, 0.25) is 0 Å². The molecule has 1 saturated heterocycles. The van der Waals surface area contributed by atoms with E-state index in [1.807, 2.05) is 18.8 Å². The summed E-state index contributed by atoms with van der Waals surface area (Å²) < 4.78 is 7.50. The summed E-state index contributed by atoms with van der Waals surface area (Å²) in [5.74, 6) is 1.26. The molecular formula is C16H30N4O. The number of hydrogen-bond donors (Lipinski definition) is 1. The Kier molecular flexibility index (Phi) is 4.94. The first-order valence-corrected chi connectivity index (χ1v) is 7.87. The highest BCUT2D eigenvalue weighted by molar-refractivity contribution is 5.50. The molecular weight excluding hydrogens is 264 g/mol. The second-order valence-electron chi connectivity index (χ2n) is 7.04. The van der Waals surface area contributed by atoms with E-state index in [9.17, 15) is 0 Å². The number of ether oxygens (including phenoxy) is 1. The number of rotatable bonds is 4. The third kappa shape index (κ3) is 3.98. The average Bonchev–Trinajstić information content (AvgIpc) is 2.70. The van der Waals surface area contributed by atoms with Crippen molar-refractivity contribution in [1.82, 2.24) is 15.1 Å². The van der Waals surface area contributed by atoms with Crippen molar-refractivity contribution in [2.24, 2.45) is 7.05 Å². The monoisotopic (exact) mass is 294 g/mol. The van der Waals surface area contributed by atoms with Gasteiger partial charge in [-0.15, -0.1) is 0 Å². The standard InChI is InChI=1S/C16H30N4O/c1-12-14(11-17-16(2,3)4)15(19(5)18-12)20-9-7-13(21-6)8-10-20/h13,17H,7-11H2,1-6H3. The minimum Gasteiger partial charge on any atom is -0.381 e. The van der Waals surface area contributed by atoms with Gasteiger partial charge >= 0.3 is 0 Å². The summed E-state index contributed by atoms with van der Waals surface area (Å²) in [4.78, 5) is 2.45. The zero-order valence-electron chi connectivity index (χ0n) is 14.4. The minimum atomic E-state index is 0.114. The van der Waals surface area contributed by atoms with Crippen molar-refractivity contribution in [3.05, 3.63) is 11.3 Å². The second-order valence-corrected chi connectivity index (χ2v) is 7.04. The Morgan fingerprint density at radius 2 is 1.90 bits per heavy atom. The van der Waals surface area contributed by atoms with Crippen LogP contribution in [0.15, 0.2) is 0 Å². The van der Waals surface area contributed by atoms with Crippen LogP contribution in [0.25, 0.3) is 0 Å². The number of aromatic nitrogens is 2. The lowest BCUT2D eigenvalue weighted by atomic mass is 10.1. The van der Waals surface area contributed by atoms with E-state index in [0.29, 0.717) is 6.10 Å². The molecule has 1 fully saturated rings. The molecule has 1 N–H and O–H groups in total. The van der Waals surface area contributed by atoms with Crippen molar-refractivity contribution in [2.45, 2.75) is 58.7 Å². The highest BCUT2D eigenvalue weighted by Gasteiger charge is 2.25. The molecule has 0 bridgehead atoms. The summed E-state index contributed by atoms with van der Waals surface area (Å²) >= 11 is 0.